The minimum absolute atomic E-state index is 0.0136. The molecule has 88 valence electrons. The third-order valence-corrected chi connectivity index (χ3v) is 2.64. The molecule has 0 spiro atoms. The van der Waals surface area contributed by atoms with Gasteiger partial charge in [-0.25, -0.2) is 0 Å². The molecule has 1 N–H and O–H groups in total. The van der Waals surface area contributed by atoms with Gasteiger partial charge in [0.2, 0.25) is 5.91 Å². The van der Waals surface area contributed by atoms with Crippen LogP contribution in [-0.2, 0) is 9.59 Å². The predicted octanol–water partition coefficient (Wildman–Crippen LogP) is 1.01. The molecule has 1 rings (SSSR count). The van der Waals surface area contributed by atoms with Gasteiger partial charge in [0.15, 0.2) is 0 Å². The number of likely N-dealkylation sites (tertiary alicyclic amines) is 1. The van der Waals surface area contributed by atoms with Gasteiger partial charge in [-0.3, -0.25) is 9.59 Å². The average molecular weight is 226 g/mol. The summed E-state index contributed by atoms with van der Waals surface area (Å²) >= 11 is 0. The van der Waals surface area contributed by atoms with E-state index in [2.05, 4.69) is 10.0 Å². The summed E-state index contributed by atoms with van der Waals surface area (Å²) in [6, 6.07) is -0.305. The zero-order valence-electron chi connectivity index (χ0n) is 9.04. The summed E-state index contributed by atoms with van der Waals surface area (Å²) < 4.78 is 0. The van der Waals surface area contributed by atoms with Gasteiger partial charge in [-0.05, 0) is 18.4 Å². The first-order chi connectivity index (χ1) is 7.54. The molecule has 2 atom stereocenters. The number of aliphatic carboxylic acids is 1. The molecule has 0 aromatic rings. The topological polar surface area (TPSA) is 106 Å². The number of azide groups is 1. The van der Waals surface area contributed by atoms with Crippen LogP contribution in [0.25, 0.3) is 10.4 Å². The lowest BCUT2D eigenvalue weighted by molar-refractivity contribution is -0.139. The van der Waals surface area contributed by atoms with E-state index in [1.165, 1.54) is 0 Å². The van der Waals surface area contributed by atoms with E-state index in [9.17, 15) is 9.59 Å². The van der Waals surface area contributed by atoms with Crippen molar-refractivity contribution < 1.29 is 14.7 Å². The highest BCUT2D eigenvalue weighted by Crippen LogP contribution is 2.21. The van der Waals surface area contributed by atoms with E-state index >= 15 is 0 Å². The van der Waals surface area contributed by atoms with Crippen molar-refractivity contribution in [3.8, 4) is 0 Å². The van der Waals surface area contributed by atoms with Crippen LogP contribution in [0.1, 0.15) is 19.8 Å². The van der Waals surface area contributed by atoms with Crippen molar-refractivity contribution in [3.05, 3.63) is 10.4 Å². The van der Waals surface area contributed by atoms with Crippen LogP contribution in [0.5, 0.6) is 0 Å². The minimum atomic E-state index is -0.918. The fourth-order valence-electron chi connectivity index (χ4n) is 1.87. The van der Waals surface area contributed by atoms with Crippen molar-refractivity contribution in [3.63, 3.8) is 0 Å². The number of hydrogen-bond donors (Lipinski definition) is 1. The smallest absolute Gasteiger partial charge is 0.305 e. The lowest BCUT2D eigenvalue weighted by Crippen LogP contribution is -2.36. The van der Waals surface area contributed by atoms with Crippen LogP contribution in [0.15, 0.2) is 5.11 Å². The number of carboxylic acid groups (broad SMARTS) is 1. The van der Waals surface area contributed by atoms with Crippen molar-refractivity contribution in [2.45, 2.75) is 25.8 Å². The van der Waals surface area contributed by atoms with Gasteiger partial charge in [0.1, 0.15) is 0 Å². The highest BCUT2D eigenvalue weighted by atomic mass is 16.4. The standard InChI is InChI=1S/C9H14N4O3/c1-6(2-9(15)16)13-5-7(3-8(13)14)4-11-12-10/h6-7H,2-5H2,1H3,(H,15,16)/t6-,7?/m1/s1. The molecule has 0 aromatic heterocycles. The minimum Gasteiger partial charge on any atom is -0.481 e. The highest BCUT2D eigenvalue weighted by molar-refractivity contribution is 5.79. The average Bonchev–Trinajstić information content (AvgIpc) is 2.55. The van der Waals surface area contributed by atoms with E-state index in [4.69, 9.17) is 10.6 Å². The molecular formula is C9H14N4O3. The third-order valence-electron chi connectivity index (χ3n) is 2.64. The van der Waals surface area contributed by atoms with Gasteiger partial charge in [-0.15, -0.1) is 0 Å². The maximum absolute atomic E-state index is 11.6. The molecular weight excluding hydrogens is 212 g/mol. The predicted molar refractivity (Wildman–Crippen MR) is 55.5 cm³/mol. The molecule has 16 heavy (non-hydrogen) atoms. The molecule has 1 aliphatic heterocycles. The van der Waals surface area contributed by atoms with Crippen LogP contribution >= 0.6 is 0 Å². The Balaban J connectivity index is 2.53. The molecule has 1 saturated heterocycles. The summed E-state index contributed by atoms with van der Waals surface area (Å²) in [5.74, 6) is -0.967. The van der Waals surface area contributed by atoms with Crippen LogP contribution in [0, 0.1) is 5.92 Å². The second-order valence-electron chi connectivity index (χ2n) is 3.98. The first-order valence-corrected chi connectivity index (χ1v) is 5.06. The van der Waals surface area contributed by atoms with E-state index in [0.717, 1.165) is 0 Å². The van der Waals surface area contributed by atoms with Crippen molar-refractivity contribution in [1.82, 2.24) is 4.90 Å². The SMILES string of the molecule is C[C@H](CC(=O)O)N1CC(CN=[N+]=[N-])CC1=O. The number of rotatable bonds is 5. The summed E-state index contributed by atoms with van der Waals surface area (Å²) in [6.45, 7) is 2.48. The molecule has 7 heteroatoms. The van der Waals surface area contributed by atoms with E-state index in [1.807, 2.05) is 0 Å². The molecule has 0 radical (unpaired) electrons. The number of carboxylic acids is 1. The quantitative estimate of drug-likeness (QED) is 0.429. The van der Waals surface area contributed by atoms with Crippen LogP contribution in [0.3, 0.4) is 0 Å². The second-order valence-corrected chi connectivity index (χ2v) is 3.98. The lowest BCUT2D eigenvalue weighted by atomic mass is 10.1. The van der Waals surface area contributed by atoms with E-state index in [0.29, 0.717) is 19.5 Å². The molecule has 1 unspecified atom stereocenters. The molecule has 1 aliphatic rings. The molecule has 0 bridgehead atoms. The number of amides is 1. The Morgan fingerprint density at radius 2 is 2.50 bits per heavy atom. The van der Waals surface area contributed by atoms with Crippen LogP contribution in [0.4, 0.5) is 0 Å². The van der Waals surface area contributed by atoms with Gasteiger partial charge < -0.3 is 10.0 Å². The Bertz CT molecular complexity index is 338. The number of nitrogens with zero attached hydrogens (tertiary/aromatic N) is 4. The van der Waals surface area contributed by atoms with E-state index in [-0.39, 0.29) is 24.3 Å². The number of carbonyl (C=O) groups is 2. The Morgan fingerprint density at radius 3 is 3.06 bits per heavy atom. The van der Waals surface area contributed by atoms with Crippen molar-refractivity contribution in [1.29, 1.82) is 0 Å². The van der Waals surface area contributed by atoms with Gasteiger partial charge in [-0.2, -0.15) is 0 Å². The van der Waals surface area contributed by atoms with E-state index in [1.54, 1.807) is 11.8 Å². The van der Waals surface area contributed by atoms with Gasteiger partial charge in [0, 0.05) is 30.5 Å². The Morgan fingerprint density at radius 1 is 1.81 bits per heavy atom. The first-order valence-electron chi connectivity index (χ1n) is 5.06. The monoisotopic (exact) mass is 226 g/mol. The second kappa shape index (κ2) is 5.37. The Labute approximate surface area is 92.7 Å². The molecule has 1 fully saturated rings. The third kappa shape index (κ3) is 3.13. The van der Waals surface area contributed by atoms with Crippen molar-refractivity contribution in [2.24, 2.45) is 11.0 Å². The number of carbonyl (C=O) groups excluding carboxylic acids is 1. The Hall–Kier alpha value is -1.75. The van der Waals surface area contributed by atoms with Crippen LogP contribution in [0.2, 0.25) is 0 Å². The normalized spacial score (nSPS) is 21.7. The molecule has 0 aliphatic carbocycles. The zero-order chi connectivity index (χ0) is 12.1. The first kappa shape index (κ1) is 12.3. The van der Waals surface area contributed by atoms with E-state index < -0.39 is 5.97 Å². The lowest BCUT2D eigenvalue weighted by Gasteiger charge is -2.23. The maximum atomic E-state index is 11.6. The van der Waals surface area contributed by atoms with Gasteiger partial charge in [-0.1, -0.05) is 5.11 Å². The van der Waals surface area contributed by atoms with Gasteiger partial charge in [0.25, 0.3) is 0 Å². The van der Waals surface area contributed by atoms with Crippen LogP contribution < -0.4 is 0 Å². The molecule has 1 heterocycles. The molecule has 0 saturated carbocycles. The largest absolute Gasteiger partial charge is 0.481 e. The van der Waals surface area contributed by atoms with Crippen molar-refractivity contribution in [2.75, 3.05) is 13.1 Å². The summed E-state index contributed by atoms with van der Waals surface area (Å²) in [6.07, 6.45) is 0.281. The maximum Gasteiger partial charge on any atom is 0.305 e. The summed E-state index contributed by atoms with van der Waals surface area (Å²) in [4.78, 5) is 26.3. The fourth-order valence-corrected chi connectivity index (χ4v) is 1.87. The van der Waals surface area contributed by atoms with Gasteiger partial charge in [0.05, 0.1) is 6.42 Å². The summed E-state index contributed by atoms with van der Waals surface area (Å²) in [5, 5.41) is 12.1. The molecule has 7 nitrogen and oxygen atoms in total. The van der Waals surface area contributed by atoms with Crippen LogP contribution in [-0.4, -0.2) is 41.0 Å². The number of hydrogen-bond acceptors (Lipinski definition) is 3. The summed E-state index contributed by atoms with van der Waals surface area (Å²) in [5.41, 5.74) is 8.17. The Kier molecular flexibility index (Phi) is 4.13. The van der Waals surface area contributed by atoms with Gasteiger partial charge >= 0.3 is 5.97 Å². The fraction of sp³-hybridized carbons (Fsp3) is 0.778. The molecule has 0 aromatic carbocycles. The highest BCUT2D eigenvalue weighted by Gasteiger charge is 2.32. The summed E-state index contributed by atoms with van der Waals surface area (Å²) in [7, 11) is 0. The molecule has 1 amide bonds. The zero-order valence-corrected chi connectivity index (χ0v) is 9.04. The van der Waals surface area contributed by atoms with Crippen molar-refractivity contribution >= 4 is 11.9 Å².